The van der Waals surface area contributed by atoms with E-state index in [1.165, 1.54) is 0 Å². The molecule has 0 aromatic carbocycles. The molecular weight excluding hydrogens is 154 g/mol. The van der Waals surface area contributed by atoms with Gasteiger partial charge >= 0.3 is 41.9 Å². The Kier molecular flexibility index (Phi) is 347. The molecule has 0 atom stereocenters. The second-order valence-corrected chi connectivity index (χ2v) is 0. The van der Waals surface area contributed by atoms with Gasteiger partial charge in [-0.15, -0.1) is 0 Å². The molecule has 1 nitrogen and oxygen atoms in total. The van der Waals surface area contributed by atoms with Gasteiger partial charge in [0.25, 0.3) is 0 Å². The van der Waals surface area contributed by atoms with E-state index in [-0.39, 0.29) is 81.8 Å². The van der Waals surface area contributed by atoms with Gasteiger partial charge in [0.15, 0.2) is 0 Å². The molecule has 0 aliphatic heterocycles. The zero-order valence-electron chi connectivity index (χ0n) is 1.90. The Morgan fingerprint density at radius 1 is 1.00 bits per heavy atom. The summed E-state index contributed by atoms with van der Waals surface area (Å²) in [4.78, 5) is 0. The number of rotatable bonds is 0. The Hall–Kier alpha value is 2.38. The molecule has 0 aromatic rings. The minimum absolute atomic E-state index is 0. The van der Waals surface area contributed by atoms with Crippen molar-refractivity contribution in [2.24, 2.45) is 0 Å². The van der Waals surface area contributed by atoms with Crippen LogP contribution in [0.1, 0.15) is 0 Å². The van der Waals surface area contributed by atoms with Crippen LogP contribution < -0.4 is 0 Å². The van der Waals surface area contributed by atoms with Gasteiger partial charge < -0.3 is 5.48 Å². The molecule has 0 amide bonds. The van der Waals surface area contributed by atoms with Crippen LogP contribution in [0, 0.1) is 0 Å². The van der Waals surface area contributed by atoms with E-state index in [0.29, 0.717) is 0 Å². The molecule has 0 bridgehead atoms. The van der Waals surface area contributed by atoms with Crippen LogP contribution in [-0.4, -0.2) is 41.9 Å². The third-order valence-electron chi connectivity index (χ3n) is 0. The quantitative estimate of drug-likeness (QED) is 0.395. The Labute approximate surface area is 80.9 Å². The zero-order valence-corrected chi connectivity index (χ0v) is 5.77. The molecule has 5 heteroatoms. The Balaban J connectivity index is 0. The fourth-order valence-corrected chi connectivity index (χ4v) is 0. The van der Waals surface area contributed by atoms with E-state index in [0.717, 1.165) is 0 Å². The molecular formula is HCrLiMgMnO. The molecule has 0 heterocycles. The van der Waals surface area contributed by atoms with Crippen LogP contribution in [0.3, 0.4) is 0 Å². The van der Waals surface area contributed by atoms with Crippen molar-refractivity contribution in [2.45, 2.75) is 0 Å². The molecule has 1 radical (unpaired) electrons. The van der Waals surface area contributed by atoms with E-state index in [1.807, 2.05) is 0 Å². The van der Waals surface area contributed by atoms with E-state index in [1.54, 1.807) is 0 Å². The van der Waals surface area contributed by atoms with Crippen LogP contribution in [0.4, 0.5) is 0 Å². The fourth-order valence-electron chi connectivity index (χ4n) is 0. The van der Waals surface area contributed by atoms with E-state index < -0.39 is 0 Å². The molecule has 0 fully saturated rings. The molecule has 23 valence electrons. The summed E-state index contributed by atoms with van der Waals surface area (Å²) in [5, 5.41) is 0. The van der Waals surface area contributed by atoms with Crippen LogP contribution in [0.25, 0.3) is 0 Å². The SMILES string of the molecule is [Cr].[LiH].[Mg+2].[Mn].[O-2]. The maximum atomic E-state index is 0. The van der Waals surface area contributed by atoms with Crippen LogP contribution in [0.2, 0.25) is 0 Å². The maximum Gasteiger partial charge on any atom is 2.00 e. The van der Waals surface area contributed by atoms with Gasteiger partial charge in [0.1, 0.15) is 0 Å². The molecule has 0 spiro atoms. The summed E-state index contributed by atoms with van der Waals surface area (Å²) in [6.07, 6.45) is 0. The average Bonchev–Trinajstić information content (AvgIpc) is 0. The number of hydrogen-bond donors (Lipinski definition) is 0. The van der Waals surface area contributed by atoms with Crippen molar-refractivity contribution in [1.82, 2.24) is 0 Å². The normalized spacial score (nSPS) is 0. The molecule has 0 aromatic heterocycles. The summed E-state index contributed by atoms with van der Waals surface area (Å²) in [7, 11) is 0. The van der Waals surface area contributed by atoms with Gasteiger partial charge in [-0.2, -0.15) is 0 Å². The predicted molar refractivity (Wildman–Crippen MR) is 13.6 cm³/mol. The maximum absolute atomic E-state index is 0. The standard InChI is InChI=1S/Cr.Li.Mg.Mn.O.H/q;;+2;;-2;. The molecule has 0 rings (SSSR count). The minimum Gasteiger partial charge on any atom is -2.00 e. The van der Waals surface area contributed by atoms with Gasteiger partial charge in [-0.3, -0.25) is 0 Å². The second-order valence-electron chi connectivity index (χ2n) is 0. The molecule has 0 unspecified atom stereocenters. The first-order valence-electron chi connectivity index (χ1n) is 0. The fraction of sp³-hybridized carbons (Fsp3) is 0. The first-order valence-corrected chi connectivity index (χ1v) is 0. The van der Waals surface area contributed by atoms with Crippen LogP contribution in [0.5, 0.6) is 0 Å². The van der Waals surface area contributed by atoms with Crippen molar-refractivity contribution in [3.8, 4) is 0 Å². The minimum atomic E-state index is 0. The molecule has 5 heavy (non-hydrogen) atoms. The third-order valence-corrected chi connectivity index (χ3v) is 0. The smallest absolute Gasteiger partial charge is 2.00 e. The summed E-state index contributed by atoms with van der Waals surface area (Å²) < 4.78 is 0. The summed E-state index contributed by atoms with van der Waals surface area (Å²) in [5.41, 5.74) is 0. The molecule has 0 saturated heterocycles. The van der Waals surface area contributed by atoms with E-state index >= 15 is 0 Å². The van der Waals surface area contributed by atoms with Gasteiger partial charge in [-0.05, 0) is 0 Å². The van der Waals surface area contributed by atoms with Gasteiger partial charge in [0, 0.05) is 34.4 Å². The topological polar surface area (TPSA) is 28.5 Å². The van der Waals surface area contributed by atoms with Crippen molar-refractivity contribution in [3.63, 3.8) is 0 Å². The van der Waals surface area contributed by atoms with Gasteiger partial charge in [-0.25, -0.2) is 0 Å². The third kappa shape index (κ3) is 21.6. The first kappa shape index (κ1) is 53.1. The van der Waals surface area contributed by atoms with Crippen LogP contribution >= 0.6 is 0 Å². The Morgan fingerprint density at radius 3 is 1.00 bits per heavy atom. The summed E-state index contributed by atoms with van der Waals surface area (Å²) in [6.45, 7) is 0. The van der Waals surface area contributed by atoms with Crippen molar-refractivity contribution in [2.75, 3.05) is 0 Å². The Bertz CT molecular complexity index is 11.6. The Morgan fingerprint density at radius 2 is 1.00 bits per heavy atom. The first-order chi connectivity index (χ1) is 0. The molecule has 0 saturated carbocycles. The van der Waals surface area contributed by atoms with Crippen LogP contribution in [-0.2, 0) is 39.9 Å². The second kappa shape index (κ2) is 32.6. The summed E-state index contributed by atoms with van der Waals surface area (Å²) in [6, 6.07) is 0. The van der Waals surface area contributed by atoms with Gasteiger partial charge in [-0.1, -0.05) is 0 Å². The molecule has 0 N–H and O–H groups in total. The van der Waals surface area contributed by atoms with Gasteiger partial charge in [0.2, 0.25) is 0 Å². The van der Waals surface area contributed by atoms with E-state index in [9.17, 15) is 0 Å². The number of hydrogen-bond acceptors (Lipinski definition) is 0. The molecule has 0 aliphatic carbocycles. The zero-order chi connectivity index (χ0) is 0. The van der Waals surface area contributed by atoms with Crippen molar-refractivity contribution in [1.29, 1.82) is 0 Å². The summed E-state index contributed by atoms with van der Waals surface area (Å²) in [5.74, 6) is 0. The monoisotopic (exact) mass is 155 g/mol. The predicted octanol–water partition coefficient (Wildman–Crippen LogP) is -1.15. The van der Waals surface area contributed by atoms with E-state index in [4.69, 9.17) is 0 Å². The van der Waals surface area contributed by atoms with Crippen LogP contribution in [0.15, 0.2) is 0 Å². The van der Waals surface area contributed by atoms with Crippen molar-refractivity contribution < 1.29 is 39.9 Å². The largest absolute Gasteiger partial charge is 2.00 e. The summed E-state index contributed by atoms with van der Waals surface area (Å²) >= 11 is 0. The van der Waals surface area contributed by atoms with Crippen molar-refractivity contribution >= 4 is 41.9 Å². The molecule has 0 aliphatic rings. The average molecular weight is 155 g/mol. The van der Waals surface area contributed by atoms with Crippen molar-refractivity contribution in [3.05, 3.63) is 0 Å². The van der Waals surface area contributed by atoms with Gasteiger partial charge in [0.05, 0.1) is 0 Å². The van der Waals surface area contributed by atoms with E-state index in [2.05, 4.69) is 0 Å².